The minimum Gasteiger partial charge on any atom is -0.341 e. The van der Waals surface area contributed by atoms with Gasteiger partial charge in [0.1, 0.15) is 6.54 Å². The number of piperidine rings is 1. The van der Waals surface area contributed by atoms with E-state index in [1.54, 1.807) is 40.4 Å². The van der Waals surface area contributed by atoms with Crippen molar-refractivity contribution in [3.8, 4) is 0 Å². The number of nitrogens with zero attached hydrogens (tertiary/aromatic N) is 4. The molecule has 2 aromatic heterocycles. The van der Waals surface area contributed by atoms with E-state index in [4.69, 9.17) is 0 Å². The first-order valence-electron chi connectivity index (χ1n) is 8.70. The normalized spacial score (nSPS) is 18.3. The van der Waals surface area contributed by atoms with Crippen LogP contribution in [0.5, 0.6) is 0 Å². The summed E-state index contributed by atoms with van der Waals surface area (Å²) < 4.78 is 1.41. The summed E-state index contributed by atoms with van der Waals surface area (Å²) in [6.45, 7) is 1.11. The zero-order chi connectivity index (χ0) is 18.3. The van der Waals surface area contributed by atoms with Gasteiger partial charge in [0.2, 0.25) is 5.91 Å². The summed E-state index contributed by atoms with van der Waals surface area (Å²) in [5.41, 5.74) is 0.853. The van der Waals surface area contributed by atoms with Gasteiger partial charge in [-0.15, -0.1) is 0 Å². The van der Waals surface area contributed by atoms with Crippen molar-refractivity contribution in [2.45, 2.75) is 24.9 Å². The number of aromatic nitrogens is 2. The molecule has 2 aliphatic rings. The molecule has 1 fully saturated rings. The van der Waals surface area contributed by atoms with E-state index in [0.29, 0.717) is 31.5 Å². The van der Waals surface area contributed by atoms with Gasteiger partial charge in [-0.1, -0.05) is 6.07 Å². The molecule has 1 spiro atoms. The highest BCUT2D eigenvalue weighted by Gasteiger charge is 2.50. The fourth-order valence-corrected chi connectivity index (χ4v) is 4.02. The van der Waals surface area contributed by atoms with Crippen LogP contribution in [0.4, 0.5) is 0 Å². The minimum atomic E-state index is -0.436. The third-order valence-electron chi connectivity index (χ3n) is 5.57. The van der Waals surface area contributed by atoms with Crippen LogP contribution in [-0.4, -0.2) is 51.3 Å². The number of carbonyl (C=O) groups excluding carboxylic acids is 2. The van der Waals surface area contributed by atoms with Crippen LogP contribution < -0.4 is 5.56 Å². The summed E-state index contributed by atoms with van der Waals surface area (Å²) >= 11 is 0. The van der Waals surface area contributed by atoms with Gasteiger partial charge in [0, 0.05) is 38.6 Å². The number of hydrogen-bond acceptors (Lipinski definition) is 4. The maximum atomic E-state index is 12.6. The lowest BCUT2D eigenvalue weighted by molar-refractivity contribution is -0.134. The smallest absolute Gasteiger partial charge is 0.256 e. The molecule has 0 unspecified atom stereocenters. The van der Waals surface area contributed by atoms with Crippen LogP contribution >= 0.6 is 0 Å². The molecule has 4 rings (SSSR count). The molecule has 2 aromatic rings. The molecule has 4 heterocycles. The zero-order valence-electron chi connectivity index (χ0n) is 14.6. The molecule has 0 saturated carbocycles. The summed E-state index contributed by atoms with van der Waals surface area (Å²) in [4.78, 5) is 44.9. The Bertz CT molecular complexity index is 928. The van der Waals surface area contributed by atoms with Gasteiger partial charge < -0.3 is 14.4 Å². The van der Waals surface area contributed by atoms with E-state index < -0.39 is 5.54 Å². The number of hydrogen-bond donors (Lipinski definition) is 0. The standard InChI is InChI=1S/C19H20N4O3/c1-21-18(26)14-5-4-9-20-17(14)19(21)7-11-22(12-8-19)16(25)13-23-10-3-2-6-15(23)24/h2-6,9-10H,7-8,11-13H2,1H3. The van der Waals surface area contributed by atoms with E-state index in [1.807, 2.05) is 13.1 Å². The molecular formula is C19H20N4O3. The number of fused-ring (bicyclic) bond motifs is 2. The summed E-state index contributed by atoms with van der Waals surface area (Å²) in [6, 6.07) is 8.43. The molecule has 7 heteroatoms. The number of amides is 2. The highest BCUT2D eigenvalue weighted by atomic mass is 16.2. The summed E-state index contributed by atoms with van der Waals surface area (Å²) in [5, 5.41) is 0. The van der Waals surface area contributed by atoms with Crippen molar-refractivity contribution in [3.05, 3.63) is 64.3 Å². The maximum absolute atomic E-state index is 12.6. The minimum absolute atomic E-state index is 0.0104. The van der Waals surface area contributed by atoms with Crippen LogP contribution in [0.1, 0.15) is 28.9 Å². The second-order valence-corrected chi connectivity index (χ2v) is 6.84. The number of likely N-dealkylation sites (tertiary alicyclic amines) is 1. The molecule has 0 atom stereocenters. The lowest BCUT2D eigenvalue weighted by Gasteiger charge is -2.43. The Morgan fingerprint density at radius 2 is 1.92 bits per heavy atom. The first-order valence-corrected chi connectivity index (χ1v) is 8.70. The maximum Gasteiger partial charge on any atom is 0.256 e. The second-order valence-electron chi connectivity index (χ2n) is 6.84. The predicted octanol–water partition coefficient (Wildman–Crippen LogP) is 0.847. The Morgan fingerprint density at radius 1 is 1.15 bits per heavy atom. The molecule has 0 N–H and O–H groups in total. The van der Waals surface area contributed by atoms with Gasteiger partial charge in [-0.2, -0.15) is 0 Å². The largest absolute Gasteiger partial charge is 0.341 e. The molecule has 0 radical (unpaired) electrons. The molecule has 2 aliphatic heterocycles. The number of rotatable bonds is 2. The fraction of sp³-hybridized carbons (Fsp3) is 0.368. The Kier molecular flexibility index (Phi) is 3.86. The first-order chi connectivity index (χ1) is 12.5. The highest BCUT2D eigenvalue weighted by Crippen LogP contribution is 2.44. The van der Waals surface area contributed by atoms with Crippen LogP contribution in [0, 0.1) is 0 Å². The molecule has 0 aliphatic carbocycles. The van der Waals surface area contributed by atoms with E-state index in [2.05, 4.69) is 4.98 Å². The highest BCUT2D eigenvalue weighted by molar-refractivity contribution is 5.99. The quantitative estimate of drug-likeness (QED) is 0.803. The van der Waals surface area contributed by atoms with Gasteiger partial charge in [0.15, 0.2) is 0 Å². The van der Waals surface area contributed by atoms with Crippen molar-refractivity contribution in [1.82, 2.24) is 19.4 Å². The SMILES string of the molecule is CN1C(=O)c2cccnc2C12CCN(C(=O)Cn1ccccc1=O)CC2. The molecule has 0 bridgehead atoms. The van der Waals surface area contributed by atoms with Crippen molar-refractivity contribution >= 4 is 11.8 Å². The lowest BCUT2D eigenvalue weighted by atomic mass is 9.84. The number of carbonyl (C=O) groups is 2. The van der Waals surface area contributed by atoms with Gasteiger partial charge in [-0.25, -0.2) is 0 Å². The van der Waals surface area contributed by atoms with Crippen molar-refractivity contribution < 1.29 is 9.59 Å². The Labute approximate surface area is 150 Å². The topological polar surface area (TPSA) is 75.5 Å². The van der Waals surface area contributed by atoms with Crippen molar-refractivity contribution in [2.75, 3.05) is 20.1 Å². The van der Waals surface area contributed by atoms with E-state index in [1.165, 1.54) is 10.6 Å². The average molecular weight is 352 g/mol. The summed E-state index contributed by atoms with van der Waals surface area (Å²) in [5.74, 6) is -0.0925. The van der Waals surface area contributed by atoms with Crippen molar-refractivity contribution in [3.63, 3.8) is 0 Å². The van der Waals surface area contributed by atoms with Crippen LogP contribution in [0.15, 0.2) is 47.5 Å². The van der Waals surface area contributed by atoms with Gasteiger partial charge >= 0.3 is 0 Å². The molecule has 1 saturated heterocycles. The average Bonchev–Trinajstić information content (AvgIpc) is 2.87. The molecule has 134 valence electrons. The van der Waals surface area contributed by atoms with E-state index >= 15 is 0 Å². The third kappa shape index (κ3) is 2.42. The molecule has 2 amide bonds. The zero-order valence-corrected chi connectivity index (χ0v) is 14.6. The Balaban J connectivity index is 1.51. The van der Waals surface area contributed by atoms with Crippen LogP contribution in [0.3, 0.4) is 0 Å². The Hall–Kier alpha value is -2.96. The lowest BCUT2D eigenvalue weighted by Crippen LogP contribution is -2.52. The second kappa shape index (κ2) is 6.09. The fourth-order valence-electron chi connectivity index (χ4n) is 4.02. The van der Waals surface area contributed by atoms with Gasteiger partial charge in [-0.3, -0.25) is 19.4 Å². The molecule has 26 heavy (non-hydrogen) atoms. The van der Waals surface area contributed by atoms with Crippen molar-refractivity contribution in [2.24, 2.45) is 0 Å². The van der Waals surface area contributed by atoms with Gasteiger partial charge in [-0.05, 0) is 31.0 Å². The van der Waals surface area contributed by atoms with Crippen LogP contribution in [0.25, 0.3) is 0 Å². The monoisotopic (exact) mass is 352 g/mol. The van der Waals surface area contributed by atoms with E-state index in [-0.39, 0.29) is 23.9 Å². The molecular weight excluding hydrogens is 332 g/mol. The summed E-state index contributed by atoms with van der Waals surface area (Å²) in [6.07, 6.45) is 4.63. The van der Waals surface area contributed by atoms with Gasteiger partial charge in [0.05, 0.1) is 16.8 Å². The van der Waals surface area contributed by atoms with Crippen LogP contribution in [0.2, 0.25) is 0 Å². The Morgan fingerprint density at radius 3 is 2.65 bits per heavy atom. The summed E-state index contributed by atoms with van der Waals surface area (Å²) in [7, 11) is 1.81. The van der Waals surface area contributed by atoms with Crippen molar-refractivity contribution in [1.29, 1.82) is 0 Å². The number of pyridine rings is 2. The molecule has 7 nitrogen and oxygen atoms in total. The third-order valence-corrected chi connectivity index (χ3v) is 5.57. The van der Waals surface area contributed by atoms with Crippen LogP contribution in [-0.2, 0) is 16.9 Å². The molecule has 0 aromatic carbocycles. The predicted molar refractivity (Wildman–Crippen MR) is 94.5 cm³/mol. The first kappa shape index (κ1) is 16.5. The van der Waals surface area contributed by atoms with Gasteiger partial charge in [0.25, 0.3) is 11.5 Å². The van der Waals surface area contributed by atoms with E-state index in [9.17, 15) is 14.4 Å². The van der Waals surface area contributed by atoms with E-state index in [0.717, 1.165) is 5.69 Å².